The number of carbonyl (C=O) groups is 2. The molecule has 2 N–H and O–H groups in total. The second-order valence-electron chi connectivity index (χ2n) is 5.36. The van der Waals surface area contributed by atoms with E-state index in [0.717, 1.165) is 25.7 Å². The number of hydrogen-bond donors (Lipinski definition) is 2. The van der Waals surface area contributed by atoms with Crippen LogP contribution in [0, 0.1) is 5.92 Å². The minimum absolute atomic E-state index is 0.109. The molecule has 3 atom stereocenters. The van der Waals surface area contributed by atoms with Gasteiger partial charge in [0.05, 0.1) is 12.5 Å². The summed E-state index contributed by atoms with van der Waals surface area (Å²) in [5, 5.41) is 13.1. The van der Waals surface area contributed by atoms with Crippen LogP contribution in [0.25, 0.3) is 0 Å². The van der Waals surface area contributed by atoms with Gasteiger partial charge in [0.25, 0.3) is 0 Å². The molecule has 2 aliphatic heterocycles. The van der Waals surface area contributed by atoms with E-state index in [1.54, 1.807) is 0 Å². The zero-order valence-electron chi connectivity index (χ0n) is 9.65. The number of fused-ring (bicyclic) bond motifs is 1. The molecule has 1 aliphatic carbocycles. The number of ether oxygens (including phenoxy) is 1. The lowest BCUT2D eigenvalue weighted by molar-refractivity contribution is -0.204. The van der Waals surface area contributed by atoms with Gasteiger partial charge in [0.2, 0.25) is 11.4 Å². The van der Waals surface area contributed by atoms with Crippen LogP contribution in [0.3, 0.4) is 0 Å². The molecule has 0 radical (unpaired) electrons. The molecule has 3 fully saturated rings. The minimum Gasteiger partial charge on any atom is -0.457 e. The molecule has 0 aromatic heterocycles. The number of rotatable bonds is 2. The van der Waals surface area contributed by atoms with Crippen LogP contribution in [0.1, 0.15) is 38.5 Å². The molecule has 0 spiro atoms. The summed E-state index contributed by atoms with van der Waals surface area (Å²) in [7, 11) is 0. The van der Waals surface area contributed by atoms with E-state index in [-0.39, 0.29) is 18.2 Å². The quantitative estimate of drug-likeness (QED) is 0.671. The van der Waals surface area contributed by atoms with Crippen LogP contribution in [0.2, 0.25) is 0 Å². The van der Waals surface area contributed by atoms with Crippen molar-refractivity contribution in [2.24, 2.45) is 5.92 Å². The Morgan fingerprint density at radius 2 is 2.00 bits per heavy atom. The molecule has 0 aromatic rings. The predicted octanol–water partition coefficient (Wildman–Crippen LogP) is 0.112. The highest BCUT2D eigenvalue weighted by atomic mass is 16.6. The molecule has 17 heavy (non-hydrogen) atoms. The maximum absolute atomic E-state index is 11.7. The molecular formula is C12H17NO4. The topological polar surface area (TPSA) is 75.6 Å². The Labute approximate surface area is 99.5 Å². The molecule has 0 unspecified atom stereocenters. The number of hydrogen-bond acceptors (Lipinski definition) is 4. The van der Waals surface area contributed by atoms with Crippen LogP contribution in [0.5, 0.6) is 0 Å². The van der Waals surface area contributed by atoms with Gasteiger partial charge in [0.1, 0.15) is 6.10 Å². The van der Waals surface area contributed by atoms with E-state index in [0.29, 0.717) is 0 Å². The fraction of sp³-hybridized carbons (Fsp3) is 0.833. The summed E-state index contributed by atoms with van der Waals surface area (Å²) >= 11 is 0. The van der Waals surface area contributed by atoms with Crippen molar-refractivity contribution in [3.8, 4) is 0 Å². The summed E-state index contributed by atoms with van der Waals surface area (Å²) in [4.78, 5) is 23.1. The highest BCUT2D eigenvalue weighted by Crippen LogP contribution is 2.42. The van der Waals surface area contributed by atoms with Gasteiger partial charge in [-0.15, -0.1) is 0 Å². The molecule has 3 aliphatic rings. The van der Waals surface area contributed by atoms with Crippen molar-refractivity contribution in [1.82, 2.24) is 5.32 Å². The highest BCUT2D eigenvalue weighted by Gasteiger charge is 2.68. The fourth-order valence-corrected chi connectivity index (χ4v) is 3.38. The SMILES string of the molecule is O=C1C[C@@H]2OC(=O)[C@]2([C@@H](O)C2CCCCC2)N1. The summed E-state index contributed by atoms with van der Waals surface area (Å²) in [5.74, 6) is -0.556. The van der Waals surface area contributed by atoms with Crippen molar-refractivity contribution >= 4 is 11.9 Å². The van der Waals surface area contributed by atoms with Crippen LogP contribution in [0.4, 0.5) is 0 Å². The summed E-state index contributed by atoms with van der Waals surface area (Å²) in [5.41, 5.74) is -1.13. The van der Waals surface area contributed by atoms with Gasteiger partial charge in [-0.1, -0.05) is 19.3 Å². The third kappa shape index (κ3) is 1.41. The van der Waals surface area contributed by atoms with Crippen molar-refractivity contribution in [2.75, 3.05) is 0 Å². The lowest BCUT2D eigenvalue weighted by atomic mass is 9.73. The largest absolute Gasteiger partial charge is 0.457 e. The van der Waals surface area contributed by atoms with Gasteiger partial charge >= 0.3 is 5.97 Å². The smallest absolute Gasteiger partial charge is 0.338 e. The summed E-state index contributed by atoms with van der Waals surface area (Å²) < 4.78 is 4.97. The van der Waals surface area contributed by atoms with E-state index in [2.05, 4.69) is 5.32 Å². The Bertz CT molecular complexity index is 364. The van der Waals surface area contributed by atoms with E-state index >= 15 is 0 Å². The molecular weight excluding hydrogens is 222 g/mol. The minimum atomic E-state index is -1.13. The third-order valence-electron chi connectivity index (χ3n) is 4.37. The number of aliphatic hydroxyl groups excluding tert-OH is 1. The van der Waals surface area contributed by atoms with Gasteiger partial charge < -0.3 is 15.2 Å². The van der Waals surface area contributed by atoms with Crippen LogP contribution in [-0.2, 0) is 14.3 Å². The first-order valence-electron chi connectivity index (χ1n) is 6.35. The first-order chi connectivity index (χ1) is 8.14. The first kappa shape index (κ1) is 11.0. The van der Waals surface area contributed by atoms with Gasteiger partial charge in [0.15, 0.2) is 0 Å². The molecule has 0 bridgehead atoms. The standard InChI is InChI=1S/C12H17NO4/c14-9-6-8-12(13-9,11(16)17-8)10(15)7-4-2-1-3-5-7/h7-8,10,15H,1-6H2,(H,13,14)/t8-,10-,12-/m0/s1. The lowest BCUT2D eigenvalue weighted by Gasteiger charge is -2.47. The second-order valence-corrected chi connectivity index (χ2v) is 5.36. The normalized spacial score (nSPS) is 39.0. The van der Waals surface area contributed by atoms with Gasteiger partial charge in [-0.25, -0.2) is 4.79 Å². The maximum atomic E-state index is 11.7. The van der Waals surface area contributed by atoms with Crippen molar-refractivity contribution in [3.63, 3.8) is 0 Å². The van der Waals surface area contributed by atoms with Gasteiger partial charge in [0, 0.05) is 0 Å². The third-order valence-corrected chi connectivity index (χ3v) is 4.37. The Kier molecular flexibility index (Phi) is 2.40. The molecule has 94 valence electrons. The van der Waals surface area contributed by atoms with Crippen LogP contribution in [-0.4, -0.2) is 34.7 Å². The maximum Gasteiger partial charge on any atom is 0.338 e. The van der Waals surface area contributed by atoms with Crippen LogP contribution < -0.4 is 5.32 Å². The summed E-state index contributed by atoms with van der Waals surface area (Å²) in [6.45, 7) is 0. The van der Waals surface area contributed by atoms with E-state index < -0.39 is 23.7 Å². The van der Waals surface area contributed by atoms with Gasteiger partial charge in [-0.2, -0.15) is 0 Å². The Morgan fingerprint density at radius 1 is 1.29 bits per heavy atom. The monoisotopic (exact) mass is 239 g/mol. The Hall–Kier alpha value is -1.10. The van der Waals surface area contributed by atoms with E-state index in [4.69, 9.17) is 4.74 Å². The van der Waals surface area contributed by atoms with Crippen molar-refractivity contribution < 1.29 is 19.4 Å². The number of carbonyl (C=O) groups excluding carboxylic acids is 2. The van der Waals surface area contributed by atoms with Crippen LogP contribution in [0.15, 0.2) is 0 Å². The zero-order valence-corrected chi connectivity index (χ0v) is 9.65. The average Bonchev–Trinajstić information content (AvgIpc) is 2.62. The average molecular weight is 239 g/mol. The highest BCUT2D eigenvalue weighted by molar-refractivity contribution is 5.98. The van der Waals surface area contributed by atoms with E-state index in [9.17, 15) is 14.7 Å². The molecule has 3 rings (SSSR count). The summed E-state index contributed by atoms with van der Waals surface area (Å²) in [6, 6.07) is 0. The molecule has 1 saturated carbocycles. The molecule has 2 saturated heterocycles. The zero-order chi connectivity index (χ0) is 12.0. The number of nitrogens with one attached hydrogen (secondary N) is 1. The first-order valence-corrected chi connectivity index (χ1v) is 6.35. The number of aliphatic hydroxyl groups is 1. The second kappa shape index (κ2) is 3.70. The lowest BCUT2D eigenvalue weighted by Crippen LogP contribution is -2.73. The summed E-state index contributed by atoms with van der Waals surface area (Å²) in [6.07, 6.45) is 4.17. The van der Waals surface area contributed by atoms with E-state index in [1.165, 1.54) is 6.42 Å². The van der Waals surface area contributed by atoms with Crippen LogP contribution >= 0.6 is 0 Å². The number of amides is 1. The molecule has 2 heterocycles. The molecule has 5 heteroatoms. The predicted molar refractivity (Wildman–Crippen MR) is 58.0 cm³/mol. The van der Waals surface area contributed by atoms with Crippen molar-refractivity contribution in [1.29, 1.82) is 0 Å². The molecule has 1 amide bonds. The van der Waals surface area contributed by atoms with Crippen molar-refractivity contribution in [2.45, 2.75) is 56.3 Å². The molecule has 5 nitrogen and oxygen atoms in total. The van der Waals surface area contributed by atoms with Gasteiger partial charge in [-0.05, 0) is 18.8 Å². The Balaban J connectivity index is 1.81. The van der Waals surface area contributed by atoms with Crippen molar-refractivity contribution in [3.05, 3.63) is 0 Å². The Morgan fingerprint density at radius 3 is 2.59 bits per heavy atom. The number of esters is 1. The van der Waals surface area contributed by atoms with E-state index in [1.807, 2.05) is 0 Å². The van der Waals surface area contributed by atoms with Gasteiger partial charge in [-0.3, -0.25) is 4.79 Å². The fourth-order valence-electron chi connectivity index (χ4n) is 3.38. The molecule has 0 aromatic carbocycles.